The Morgan fingerprint density at radius 2 is 2.26 bits per heavy atom. The maximum Gasteiger partial charge on any atom is 0.311 e. The number of carbonyl (C=O) groups is 1. The summed E-state index contributed by atoms with van der Waals surface area (Å²) >= 11 is 0. The lowest BCUT2D eigenvalue weighted by atomic mass is 9.85. The first kappa shape index (κ1) is 14.0. The van der Waals surface area contributed by atoms with Gasteiger partial charge in [-0.05, 0) is 12.8 Å². The van der Waals surface area contributed by atoms with Crippen molar-refractivity contribution in [2.75, 3.05) is 13.1 Å². The highest BCUT2D eigenvalue weighted by Crippen LogP contribution is 2.36. The minimum Gasteiger partial charge on any atom is -0.481 e. The number of nitrogens with zero attached hydrogens (tertiary/aromatic N) is 3. The van der Waals surface area contributed by atoms with Crippen molar-refractivity contribution in [1.29, 1.82) is 0 Å². The average molecular weight is 287 g/mol. The number of hydrogen-bond acceptors (Lipinski definition) is 4. The second-order valence-corrected chi connectivity index (χ2v) is 6.79. The van der Waals surface area contributed by atoms with Crippen LogP contribution in [-0.2, 0) is 21.9 Å². The standard InChI is InChI=1S/C11H17N3O4S/c1-3-11(10(15)16)4-5-14(7-11)19(17,18)9-6-13(2)8-12-9/h6,8H,3-5,7H2,1-2H3,(H,15,16). The van der Waals surface area contributed by atoms with Crippen LogP contribution in [0.2, 0.25) is 0 Å². The molecule has 2 rings (SSSR count). The van der Waals surface area contributed by atoms with Crippen LogP contribution >= 0.6 is 0 Å². The molecule has 0 spiro atoms. The van der Waals surface area contributed by atoms with Crippen LogP contribution in [0.25, 0.3) is 0 Å². The molecule has 0 saturated carbocycles. The fourth-order valence-corrected chi connectivity index (χ4v) is 3.80. The summed E-state index contributed by atoms with van der Waals surface area (Å²) in [6.07, 6.45) is 3.58. The van der Waals surface area contributed by atoms with Crippen molar-refractivity contribution in [2.24, 2.45) is 12.5 Å². The summed E-state index contributed by atoms with van der Waals surface area (Å²) < 4.78 is 27.4. The van der Waals surface area contributed by atoms with E-state index in [0.717, 1.165) is 0 Å². The van der Waals surface area contributed by atoms with E-state index >= 15 is 0 Å². The molecule has 2 heterocycles. The molecule has 0 amide bonds. The van der Waals surface area contributed by atoms with E-state index in [1.165, 1.54) is 16.8 Å². The van der Waals surface area contributed by atoms with Crippen LogP contribution in [-0.4, -0.2) is 46.4 Å². The maximum absolute atomic E-state index is 12.3. The van der Waals surface area contributed by atoms with Gasteiger partial charge in [0.1, 0.15) is 0 Å². The molecule has 1 fully saturated rings. The third kappa shape index (κ3) is 2.25. The Bertz CT molecular complexity index is 595. The van der Waals surface area contributed by atoms with Crippen molar-refractivity contribution in [3.8, 4) is 0 Å². The largest absolute Gasteiger partial charge is 0.481 e. The van der Waals surface area contributed by atoms with Crippen LogP contribution in [0.3, 0.4) is 0 Å². The Hall–Kier alpha value is -1.41. The van der Waals surface area contributed by atoms with E-state index in [0.29, 0.717) is 12.8 Å². The fraction of sp³-hybridized carbons (Fsp3) is 0.636. The van der Waals surface area contributed by atoms with Crippen molar-refractivity contribution >= 4 is 16.0 Å². The van der Waals surface area contributed by atoms with Gasteiger partial charge in [-0.15, -0.1) is 0 Å². The molecule has 7 nitrogen and oxygen atoms in total. The zero-order valence-electron chi connectivity index (χ0n) is 10.9. The molecule has 1 saturated heterocycles. The summed E-state index contributed by atoms with van der Waals surface area (Å²) in [4.78, 5) is 15.2. The lowest BCUT2D eigenvalue weighted by molar-refractivity contribution is -0.148. The molecule has 1 aliphatic heterocycles. The number of rotatable bonds is 4. The van der Waals surface area contributed by atoms with Gasteiger partial charge in [0, 0.05) is 26.3 Å². The third-order valence-corrected chi connectivity index (χ3v) is 5.47. The predicted octanol–water partition coefficient (Wildman–Crippen LogP) is 0.295. The number of aromatic nitrogens is 2. The number of carboxylic acids is 1. The van der Waals surface area contributed by atoms with E-state index in [-0.39, 0.29) is 18.1 Å². The maximum atomic E-state index is 12.3. The summed E-state index contributed by atoms with van der Waals surface area (Å²) in [6, 6.07) is 0. The van der Waals surface area contributed by atoms with Crippen LogP contribution in [0.4, 0.5) is 0 Å². The Morgan fingerprint density at radius 3 is 2.68 bits per heavy atom. The van der Waals surface area contributed by atoms with Gasteiger partial charge in [-0.1, -0.05) is 6.92 Å². The van der Waals surface area contributed by atoms with Gasteiger partial charge >= 0.3 is 5.97 Å². The third-order valence-electron chi connectivity index (χ3n) is 3.73. The molecule has 1 N–H and O–H groups in total. The van der Waals surface area contributed by atoms with Crippen LogP contribution in [0, 0.1) is 5.41 Å². The van der Waals surface area contributed by atoms with Crippen LogP contribution in [0.1, 0.15) is 19.8 Å². The van der Waals surface area contributed by atoms with Crippen LogP contribution in [0.5, 0.6) is 0 Å². The molecule has 1 atom stereocenters. The van der Waals surface area contributed by atoms with E-state index in [4.69, 9.17) is 0 Å². The number of hydrogen-bond donors (Lipinski definition) is 1. The second kappa shape index (κ2) is 4.61. The van der Waals surface area contributed by atoms with Crippen molar-refractivity contribution < 1.29 is 18.3 Å². The predicted molar refractivity (Wildman–Crippen MR) is 66.9 cm³/mol. The number of aliphatic carboxylic acids is 1. The van der Waals surface area contributed by atoms with Gasteiger partial charge in [0.2, 0.25) is 0 Å². The van der Waals surface area contributed by atoms with Crippen LogP contribution < -0.4 is 0 Å². The van der Waals surface area contributed by atoms with Gasteiger partial charge < -0.3 is 9.67 Å². The molecule has 1 aromatic heterocycles. The molecule has 106 valence electrons. The smallest absolute Gasteiger partial charge is 0.311 e. The summed E-state index contributed by atoms with van der Waals surface area (Å²) in [5.41, 5.74) is -0.970. The number of sulfonamides is 1. The normalized spacial score (nSPS) is 24.7. The summed E-state index contributed by atoms with van der Waals surface area (Å²) in [5.74, 6) is -0.936. The first-order valence-corrected chi connectivity index (χ1v) is 7.47. The molecule has 1 unspecified atom stereocenters. The quantitative estimate of drug-likeness (QED) is 0.859. The molecule has 1 aromatic rings. The van der Waals surface area contributed by atoms with E-state index < -0.39 is 21.4 Å². The van der Waals surface area contributed by atoms with Gasteiger partial charge in [0.25, 0.3) is 10.0 Å². The highest BCUT2D eigenvalue weighted by molar-refractivity contribution is 7.89. The molecule has 8 heteroatoms. The number of imidazole rings is 1. The summed E-state index contributed by atoms with van der Waals surface area (Å²) in [5, 5.41) is 9.25. The molecule has 19 heavy (non-hydrogen) atoms. The minimum atomic E-state index is -3.69. The number of carboxylic acid groups (broad SMARTS) is 1. The lowest BCUT2D eigenvalue weighted by Crippen LogP contribution is -2.36. The molecule has 0 radical (unpaired) electrons. The van der Waals surface area contributed by atoms with E-state index in [1.807, 2.05) is 0 Å². The van der Waals surface area contributed by atoms with E-state index in [9.17, 15) is 18.3 Å². The topological polar surface area (TPSA) is 92.5 Å². The van der Waals surface area contributed by atoms with Crippen molar-refractivity contribution in [1.82, 2.24) is 13.9 Å². The van der Waals surface area contributed by atoms with Gasteiger partial charge in [0.15, 0.2) is 5.03 Å². The van der Waals surface area contributed by atoms with Gasteiger partial charge in [-0.25, -0.2) is 13.4 Å². The zero-order chi connectivity index (χ0) is 14.3. The summed E-state index contributed by atoms with van der Waals surface area (Å²) in [7, 11) is -2.01. The second-order valence-electron chi connectivity index (χ2n) is 4.91. The molecule has 0 aromatic carbocycles. The minimum absolute atomic E-state index is 0.0116. The Morgan fingerprint density at radius 1 is 1.58 bits per heavy atom. The van der Waals surface area contributed by atoms with Crippen molar-refractivity contribution in [2.45, 2.75) is 24.8 Å². The van der Waals surface area contributed by atoms with Gasteiger partial charge in [0.05, 0.1) is 11.7 Å². The monoisotopic (exact) mass is 287 g/mol. The molecular weight excluding hydrogens is 270 g/mol. The highest BCUT2D eigenvalue weighted by Gasteiger charge is 2.47. The Kier molecular flexibility index (Phi) is 3.40. The first-order valence-electron chi connectivity index (χ1n) is 6.03. The fourth-order valence-electron chi connectivity index (χ4n) is 2.31. The lowest BCUT2D eigenvalue weighted by Gasteiger charge is -2.22. The SMILES string of the molecule is CCC1(C(=O)O)CCN(S(=O)(=O)c2cn(C)cn2)C1. The molecule has 0 aliphatic carbocycles. The molecule has 1 aliphatic rings. The Labute approximate surface area is 111 Å². The average Bonchev–Trinajstić information content (AvgIpc) is 2.96. The number of aryl methyl sites for hydroxylation is 1. The highest BCUT2D eigenvalue weighted by atomic mass is 32.2. The first-order chi connectivity index (χ1) is 8.82. The molecule has 0 bridgehead atoms. The van der Waals surface area contributed by atoms with Crippen LogP contribution in [0.15, 0.2) is 17.6 Å². The Balaban J connectivity index is 2.28. The van der Waals surface area contributed by atoms with Crippen molar-refractivity contribution in [3.05, 3.63) is 12.5 Å². The zero-order valence-corrected chi connectivity index (χ0v) is 11.7. The molecular formula is C11H17N3O4S. The van der Waals surface area contributed by atoms with Gasteiger partial charge in [-0.3, -0.25) is 4.79 Å². The van der Waals surface area contributed by atoms with E-state index in [2.05, 4.69) is 4.98 Å². The van der Waals surface area contributed by atoms with E-state index in [1.54, 1.807) is 18.5 Å². The summed E-state index contributed by atoms with van der Waals surface area (Å²) in [6.45, 7) is 2.00. The van der Waals surface area contributed by atoms with Gasteiger partial charge in [-0.2, -0.15) is 4.31 Å². The van der Waals surface area contributed by atoms with Crippen molar-refractivity contribution in [3.63, 3.8) is 0 Å².